The fourth-order valence-corrected chi connectivity index (χ4v) is 4.07. The second-order valence-electron chi connectivity index (χ2n) is 8.54. The first-order valence-corrected chi connectivity index (χ1v) is 12.0. The summed E-state index contributed by atoms with van der Waals surface area (Å²) < 4.78 is 40.5. The van der Waals surface area contributed by atoms with E-state index >= 15 is 0 Å². The molecule has 0 spiro atoms. The molecule has 0 bridgehead atoms. The molecule has 5 rings (SSSR count). The Morgan fingerprint density at radius 2 is 2.08 bits per heavy atom. The van der Waals surface area contributed by atoms with Gasteiger partial charge in [0.15, 0.2) is 17.5 Å². The first kappa shape index (κ1) is 24.5. The van der Waals surface area contributed by atoms with Crippen LogP contribution in [0.4, 0.5) is 14.6 Å². The van der Waals surface area contributed by atoms with Crippen LogP contribution < -0.4 is 10.6 Å². The molecule has 0 saturated carbocycles. The van der Waals surface area contributed by atoms with Gasteiger partial charge >= 0.3 is 5.97 Å². The largest absolute Gasteiger partial charge is 0.463 e. The van der Waals surface area contributed by atoms with Crippen LogP contribution in [0.2, 0.25) is 0 Å². The maximum atomic E-state index is 14.4. The Hall–Kier alpha value is -4.19. The van der Waals surface area contributed by atoms with E-state index in [4.69, 9.17) is 9.26 Å². The molecule has 1 saturated heterocycles. The van der Waals surface area contributed by atoms with E-state index in [0.717, 1.165) is 32.0 Å². The zero-order valence-electron chi connectivity index (χ0n) is 19.9. The minimum Gasteiger partial charge on any atom is -0.463 e. The first-order valence-electron chi connectivity index (χ1n) is 12.0. The molecule has 1 atom stereocenters. The van der Waals surface area contributed by atoms with Crippen molar-refractivity contribution in [2.45, 2.75) is 31.8 Å². The number of piperidine rings is 1. The number of esters is 1. The zero-order valence-corrected chi connectivity index (χ0v) is 19.9. The van der Waals surface area contributed by atoms with Gasteiger partial charge < -0.3 is 19.9 Å². The lowest BCUT2D eigenvalue weighted by Crippen LogP contribution is -2.41. The Bertz CT molecular complexity index is 1350. The monoisotopic (exact) mass is 509 g/mol. The van der Waals surface area contributed by atoms with Gasteiger partial charge in [0.2, 0.25) is 0 Å². The van der Waals surface area contributed by atoms with Gasteiger partial charge in [0.05, 0.1) is 25.0 Å². The van der Waals surface area contributed by atoms with Gasteiger partial charge in [-0.15, -0.1) is 0 Å². The summed E-state index contributed by atoms with van der Waals surface area (Å²) in [5, 5.41) is 14.5. The Labute approximate surface area is 211 Å². The van der Waals surface area contributed by atoms with Crippen LogP contribution in [-0.4, -0.2) is 56.6 Å². The molecule has 192 valence electrons. The summed E-state index contributed by atoms with van der Waals surface area (Å²) in [6.45, 7) is 1.14. The number of carbonyl (C=O) groups excluding carboxylic acids is 1. The molecule has 1 aromatic carbocycles. The third-order valence-electron chi connectivity index (χ3n) is 5.97. The lowest BCUT2D eigenvalue weighted by molar-refractivity contribution is -0.146. The highest BCUT2D eigenvalue weighted by atomic mass is 19.1. The third-order valence-corrected chi connectivity index (χ3v) is 5.97. The van der Waals surface area contributed by atoms with Crippen molar-refractivity contribution < 1.29 is 22.8 Å². The highest BCUT2D eigenvalue weighted by molar-refractivity contribution is 5.75. The lowest BCUT2D eigenvalue weighted by atomic mass is 10.1. The third kappa shape index (κ3) is 5.80. The van der Waals surface area contributed by atoms with E-state index in [0.29, 0.717) is 22.6 Å². The summed E-state index contributed by atoms with van der Waals surface area (Å²) in [7, 11) is 0. The number of hydrogen-bond acceptors (Lipinski definition) is 9. The number of hydrogen-bond donors (Lipinski definition) is 2. The number of aromatic nitrogens is 5. The fraction of sp³-hybridized carbons (Fsp3) is 0.320. The van der Waals surface area contributed by atoms with E-state index in [1.165, 1.54) is 12.3 Å². The number of carbonyl (C=O) groups is 1. The highest BCUT2D eigenvalue weighted by Gasteiger charge is 2.22. The Kier molecular flexibility index (Phi) is 7.45. The van der Waals surface area contributed by atoms with Crippen LogP contribution >= 0.6 is 0 Å². The number of anilines is 1. The molecule has 4 aromatic rings. The molecular weight excluding hydrogens is 484 g/mol. The predicted octanol–water partition coefficient (Wildman–Crippen LogP) is 3.42. The average molecular weight is 510 g/mol. The van der Waals surface area contributed by atoms with Crippen LogP contribution in [0, 0.1) is 11.6 Å². The molecule has 1 unspecified atom stereocenters. The molecule has 4 heterocycles. The van der Waals surface area contributed by atoms with Crippen molar-refractivity contribution in [3.8, 4) is 22.9 Å². The van der Waals surface area contributed by atoms with Crippen LogP contribution in [0.15, 0.2) is 53.4 Å². The Balaban J connectivity index is 1.31. The van der Waals surface area contributed by atoms with Crippen molar-refractivity contribution >= 4 is 11.8 Å². The maximum Gasteiger partial charge on any atom is 0.323 e. The minimum absolute atomic E-state index is 0.0523. The molecule has 1 aliphatic heterocycles. The van der Waals surface area contributed by atoms with Gasteiger partial charge in [0.1, 0.15) is 36.1 Å². The number of ether oxygens (including phenoxy) is 1. The van der Waals surface area contributed by atoms with Crippen LogP contribution in [0.25, 0.3) is 22.9 Å². The molecule has 0 aliphatic carbocycles. The summed E-state index contributed by atoms with van der Waals surface area (Å²) in [6.07, 6.45) is 5.23. The molecule has 10 nitrogen and oxygen atoms in total. The standard InChI is InChI=1S/C25H25F2N7O3/c26-17-6-2-1-5-16(17)15-34-22(19-8-11-37-33-19)13-21(32-34)24-30-14-18(27)23(31-24)29-10-12-36-25(35)20-7-3-4-9-28-20/h1-2,5-6,8,11,13-14,20,28H,3-4,7,9-10,12,15H2,(H,29,30,31). The van der Waals surface area contributed by atoms with Crippen molar-refractivity contribution in [1.82, 2.24) is 30.2 Å². The van der Waals surface area contributed by atoms with Gasteiger partial charge in [-0.25, -0.2) is 18.7 Å². The minimum atomic E-state index is -0.661. The summed E-state index contributed by atoms with van der Waals surface area (Å²) in [4.78, 5) is 20.5. The van der Waals surface area contributed by atoms with Crippen molar-refractivity contribution in [2.24, 2.45) is 0 Å². The van der Waals surface area contributed by atoms with Gasteiger partial charge in [-0.05, 0) is 31.5 Å². The van der Waals surface area contributed by atoms with Crippen LogP contribution in [0.5, 0.6) is 0 Å². The zero-order chi connectivity index (χ0) is 25.6. The van der Waals surface area contributed by atoms with Crippen molar-refractivity contribution in [3.05, 3.63) is 66.1 Å². The molecule has 1 fully saturated rings. The Morgan fingerprint density at radius 1 is 1.19 bits per heavy atom. The van der Waals surface area contributed by atoms with Gasteiger partial charge in [-0.2, -0.15) is 5.10 Å². The van der Waals surface area contributed by atoms with Gasteiger partial charge in [-0.3, -0.25) is 9.48 Å². The summed E-state index contributed by atoms with van der Waals surface area (Å²) in [5.41, 5.74) is 1.82. The maximum absolute atomic E-state index is 14.4. The molecule has 3 aromatic heterocycles. The normalized spacial score (nSPS) is 15.5. The predicted molar refractivity (Wildman–Crippen MR) is 129 cm³/mol. The number of nitrogens with one attached hydrogen (secondary N) is 2. The number of nitrogens with zero attached hydrogens (tertiary/aromatic N) is 5. The quantitative estimate of drug-likeness (QED) is 0.258. The lowest BCUT2D eigenvalue weighted by Gasteiger charge is -2.21. The Morgan fingerprint density at radius 3 is 2.86 bits per heavy atom. The molecule has 12 heteroatoms. The smallest absolute Gasteiger partial charge is 0.323 e. The summed E-state index contributed by atoms with van der Waals surface area (Å²) >= 11 is 0. The first-order chi connectivity index (χ1) is 18.1. The molecule has 0 radical (unpaired) electrons. The van der Waals surface area contributed by atoms with Gasteiger partial charge in [0, 0.05) is 11.6 Å². The SMILES string of the molecule is O=C(OCCNc1nc(-c2cc(-c3ccon3)n(Cc3ccccc3F)n2)ncc1F)C1CCCCN1. The van der Waals surface area contributed by atoms with Crippen LogP contribution in [-0.2, 0) is 16.1 Å². The van der Waals surface area contributed by atoms with Crippen LogP contribution in [0.1, 0.15) is 24.8 Å². The highest BCUT2D eigenvalue weighted by Crippen LogP contribution is 2.26. The van der Waals surface area contributed by atoms with Gasteiger partial charge in [-0.1, -0.05) is 29.8 Å². The number of halogens is 2. The fourth-order valence-electron chi connectivity index (χ4n) is 4.07. The molecule has 2 N–H and O–H groups in total. The molecule has 0 amide bonds. The van der Waals surface area contributed by atoms with E-state index in [1.54, 1.807) is 35.0 Å². The van der Waals surface area contributed by atoms with Crippen molar-refractivity contribution in [1.29, 1.82) is 0 Å². The van der Waals surface area contributed by atoms with E-state index in [9.17, 15) is 13.6 Å². The van der Waals surface area contributed by atoms with E-state index in [1.807, 2.05) is 0 Å². The second kappa shape index (κ2) is 11.2. The summed E-state index contributed by atoms with van der Waals surface area (Å²) in [6, 6.07) is 9.42. The van der Waals surface area contributed by atoms with E-state index in [2.05, 4.69) is 30.9 Å². The van der Waals surface area contributed by atoms with Crippen LogP contribution in [0.3, 0.4) is 0 Å². The molecule has 37 heavy (non-hydrogen) atoms. The van der Waals surface area contributed by atoms with E-state index in [-0.39, 0.29) is 49.2 Å². The van der Waals surface area contributed by atoms with E-state index < -0.39 is 5.82 Å². The average Bonchev–Trinajstić information content (AvgIpc) is 3.60. The van der Waals surface area contributed by atoms with Gasteiger partial charge in [0.25, 0.3) is 0 Å². The topological polar surface area (TPSA) is 120 Å². The molecular formula is C25H25F2N7O3. The number of benzene rings is 1. The number of rotatable bonds is 9. The van der Waals surface area contributed by atoms with Crippen molar-refractivity contribution in [3.63, 3.8) is 0 Å². The molecule has 1 aliphatic rings. The van der Waals surface area contributed by atoms with Crippen molar-refractivity contribution in [2.75, 3.05) is 25.0 Å². The second-order valence-corrected chi connectivity index (χ2v) is 8.54. The summed E-state index contributed by atoms with van der Waals surface area (Å²) in [5.74, 6) is -1.24.